The molecule has 0 spiro atoms. The van der Waals surface area contributed by atoms with Crippen LogP contribution in [0.25, 0.3) is 0 Å². The van der Waals surface area contributed by atoms with E-state index < -0.39 is 21.9 Å². The predicted molar refractivity (Wildman–Crippen MR) is 146 cm³/mol. The molecular weight excluding hydrogens is 549 g/mol. The van der Waals surface area contributed by atoms with Crippen molar-refractivity contribution in [3.63, 3.8) is 0 Å². The highest BCUT2D eigenvalue weighted by molar-refractivity contribution is 7.92. The number of urea groups is 1. The van der Waals surface area contributed by atoms with Crippen LogP contribution in [0.5, 0.6) is 17.2 Å². The van der Waals surface area contributed by atoms with Crippen LogP contribution in [0.3, 0.4) is 0 Å². The van der Waals surface area contributed by atoms with Gasteiger partial charge in [0.1, 0.15) is 0 Å². The number of aromatic nitrogens is 1. The molecular formula is C25H22FN5O6S2. The van der Waals surface area contributed by atoms with E-state index in [0.717, 1.165) is 0 Å². The largest absolute Gasteiger partial charge is 0.493 e. The molecule has 4 N–H and O–H groups in total. The second kappa shape index (κ2) is 11.8. The van der Waals surface area contributed by atoms with Crippen molar-refractivity contribution in [2.75, 3.05) is 27.8 Å². The zero-order chi connectivity index (χ0) is 28.0. The van der Waals surface area contributed by atoms with Crippen molar-refractivity contribution in [2.24, 2.45) is 0 Å². The van der Waals surface area contributed by atoms with Crippen LogP contribution in [0.4, 0.5) is 31.4 Å². The third-order valence-corrected chi connectivity index (χ3v) is 7.07. The molecule has 14 heteroatoms. The molecule has 0 atom stereocenters. The number of carbonyl (C=O) groups is 2. The van der Waals surface area contributed by atoms with E-state index in [-0.39, 0.29) is 39.4 Å². The van der Waals surface area contributed by atoms with Crippen LogP contribution < -0.4 is 30.1 Å². The summed E-state index contributed by atoms with van der Waals surface area (Å²) < 4.78 is 53.8. The summed E-state index contributed by atoms with van der Waals surface area (Å²) in [6.07, 6.45) is 1.51. The van der Waals surface area contributed by atoms with E-state index in [9.17, 15) is 22.4 Å². The molecule has 0 aliphatic rings. The molecule has 0 radical (unpaired) electrons. The van der Waals surface area contributed by atoms with Gasteiger partial charge in [-0.15, -0.1) is 11.3 Å². The van der Waals surface area contributed by atoms with Crippen LogP contribution >= 0.6 is 11.3 Å². The molecule has 0 aliphatic carbocycles. The van der Waals surface area contributed by atoms with Crippen LogP contribution in [0.2, 0.25) is 0 Å². The summed E-state index contributed by atoms with van der Waals surface area (Å²) >= 11 is 1.19. The maximum Gasteiger partial charge on any atom is 0.325 e. The first kappa shape index (κ1) is 27.3. The smallest absolute Gasteiger partial charge is 0.325 e. The Morgan fingerprint density at radius 2 is 1.69 bits per heavy atom. The van der Waals surface area contributed by atoms with Gasteiger partial charge in [-0.25, -0.2) is 22.6 Å². The number of rotatable bonds is 9. The molecule has 0 saturated heterocycles. The van der Waals surface area contributed by atoms with Crippen molar-refractivity contribution in [2.45, 2.75) is 11.8 Å². The van der Waals surface area contributed by atoms with E-state index in [4.69, 9.17) is 9.47 Å². The summed E-state index contributed by atoms with van der Waals surface area (Å²) in [6, 6.07) is 13.1. The molecule has 39 heavy (non-hydrogen) atoms. The SMILES string of the molecule is COc1cccc(F)c1Oc1ccc(NS(=O)(=O)c2ccc(NC(C)=O)cc2)cc1NC(=O)Nc1nccs1. The van der Waals surface area contributed by atoms with Gasteiger partial charge in [-0.1, -0.05) is 6.07 Å². The molecule has 0 unspecified atom stereocenters. The minimum atomic E-state index is -4.05. The van der Waals surface area contributed by atoms with Gasteiger partial charge in [0.05, 0.1) is 23.4 Å². The van der Waals surface area contributed by atoms with Crippen LogP contribution in [0, 0.1) is 5.82 Å². The Morgan fingerprint density at radius 1 is 0.949 bits per heavy atom. The van der Waals surface area contributed by atoms with E-state index >= 15 is 0 Å². The molecule has 1 heterocycles. The molecule has 0 saturated carbocycles. The number of benzene rings is 3. The fourth-order valence-corrected chi connectivity index (χ4v) is 4.88. The number of anilines is 4. The third-order valence-electron chi connectivity index (χ3n) is 4.98. The average molecular weight is 572 g/mol. The van der Waals surface area contributed by atoms with E-state index in [0.29, 0.717) is 10.8 Å². The van der Waals surface area contributed by atoms with Gasteiger partial charge >= 0.3 is 6.03 Å². The van der Waals surface area contributed by atoms with Gasteiger partial charge in [0.2, 0.25) is 11.7 Å². The molecule has 3 aromatic carbocycles. The van der Waals surface area contributed by atoms with Crippen molar-refractivity contribution < 1.29 is 31.9 Å². The number of nitrogens with zero attached hydrogens (tertiary/aromatic N) is 1. The van der Waals surface area contributed by atoms with Crippen molar-refractivity contribution in [3.05, 3.63) is 78.1 Å². The average Bonchev–Trinajstić information content (AvgIpc) is 3.39. The number of nitrogens with one attached hydrogen (secondary N) is 4. The van der Waals surface area contributed by atoms with Gasteiger partial charge < -0.3 is 20.1 Å². The number of para-hydroxylation sites is 1. The van der Waals surface area contributed by atoms with E-state index in [2.05, 4.69) is 25.7 Å². The van der Waals surface area contributed by atoms with E-state index in [1.165, 1.54) is 92.2 Å². The number of sulfonamides is 1. The summed E-state index contributed by atoms with van der Waals surface area (Å²) in [7, 11) is -2.70. The molecule has 0 aliphatic heterocycles. The number of ether oxygens (including phenoxy) is 2. The van der Waals surface area contributed by atoms with Crippen LogP contribution in [-0.2, 0) is 14.8 Å². The van der Waals surface area contributed by atoms with Crippen molar-refractivity contribution in [1.29, 1.82) is 0 Å². The Kier molecular flexibility index (Phi) is 8.27. The fraction of sp³-hybridized carbons (Fsp3) is 0.0800. The Labute approximate surface area is 227 Å². The number of halogens is 1. The van der Waals surface area contributed by atoms with Crippen molar-refractivity contribution in [3.8, 4) is 17.2 Å². The quantitative estimate of drug-likeness (QED) is 0.208. The lowest BCUT2D eigenvalue weighted by Gasteiger charge is -2.17. The summed E-state index contributed by atoms with van der Waals surface area (Å²) in [4.78, 5) is 27.7. The number of hydrogen-bond acceptors (Lipinski definition) is 8. The number of hydrogen-bond donors (Lipinski definition) is 4. The Morgan fingerprint density at radius 3 is 2.36 bits per heavy atom. The zero-order valence-electron chi connectivity index (χ0n) is 20.5. The first-order valence-corrected chi connectivity index (χ1v) is 13.5. The summed E-state index contributed by atoms with van der Waals surface area (Å²) in [5, 5.41) is 9.67. The molecule has 3 amide bonds. The number of carbonyl (C=O) groups excluding carboxylic acids is 2. The standard InChI is InChI=1S/C25H22FN5O6S2/c1-15(32)28-16-6-9-18(10-7-16)39(34,35)31-17-8-11-21(37-23-19(26)4-3-5-22(23)36-2)20(14-17)29-24(33)30-25-27-12-13-38-25/h3-14,31H,1-2H3,(H,28,32)(H2,27,29,30,33). The number of methoxy groups -OCH3 is 1. The number of thiazole rings is 1. The lowest BCUT2D eigenvalue weighted by molar-refractivity contribution is -0.114. The van der Waals surface area contributed by atoms with Crippen molar-refractivity contribution in [1.82, 2.24) is 4.98 Å². The molecule has 1 aromatic heterocycles. The van der Waals surface area contributed by atoms with Crippen LogP contribution in [0.15, 0.2) is 77.1 Å². The molecule has 11 nitrogen and oxygen atoms in total. The lowest BCUT2D eigenvalue weighted by Crippen LogP contribution is -2.20. The Balaban J connectivity index is 1.63. The third kappa shape index (κ3) is 7.00. The topological polar surface area (TPSA) is 148 Å². The maximum atomic E-state index is 14.5. The van der Waals surface area contributed by atoms with Gasteiger partial charge in [0.15, 0.2) is 22.4 Å². The highest BCUT2D eigenvalue weighted by atomic mass is 32.2. The maximum absolute atomic E-state index is 14.5. The molecule has 0 bridgehead atoms. The first-order valence-electron chi connectivity index (χ1n) is 11.2. The second-order valence-corrected chi connectivity index (χ2v) is 10.4. The highest BCUT2D eigenvalue weighted by Gasteiger charge is 2.19. The van der Waals surface area contributed by atoms with Gasteiger partial charge in [-0.3, -0.25) is 14.8 Å². The lowest BCUT2D eigenvalue weighted by atomic mass is 10.2. The Bertz CT molecular complexity index is 1600. The van der Waals surface area contributed by atoms with Gasteiger partial charge in [-0.2, -0.15) is 0 Å². The monoisotopic (exact) mass is 571 g/mol. The number of amides is 3. The molecule has 4 aromatic rings. The van der Waals surface area contributed by atoms with Crippen LogP contribution in [-0.4, -0.2) is 32.4 Å². The normalized spacial score (nSPS) is 10.8. The van der Waals surface area contributed by atoms with Gasteiger partial charge in [-0.05, 0) is 54.6 Å². The van der Waals surface area contributed by atoms with Crippen LogP contribution in [0.1, 0.15) is 6.92 Å². The second-order valence-electron chi connectivity index (χ2n) is 7.81. The minimum absolute atomic E-state index is 0.00953. The fourth-order valence-electron chi connectivity index (χ4n) is 3.31. The summed E-state index contributed by atoms with van der Waals surface area (Å²) in [6.45, 7) is 1.34. The summed E-state index contributed by atoms with van der Waals surface area (Å²) in [5.41, 5.74) is 0.540. The predicted octanol–water partition coefficient (Wildman–Crippen LogP) is 5.49. The van der Waals surface area contributed by atoms with Gasteiger partial charge in [0.25, 0.3) is 10.0 Å². The first-order chi connectivity index (χ1) is 18.6. The van der Waals surface area contributed by atoms with E-state index in [1.807, 2.05) is 0 Å². The zero-order valence-corrected chi connectivity index (χ0v) is 22.2. The van der Waals surface area contributed by atoms with Crippen molar-refractivity contribution >= 4 is 55.5 Å². The van der Waals surface area contributed by atoms with E-state index in [1.54, 1.807) is 5.38 Å². The highest BCUT2D eigenvalue weighted by Crippen LogP contribution is 2.38. The van der Waals surface area contributed by atoms with Gasteiger partial charge in [0, 0.05) is 24.2 Å². The molecule has 0 fully saturated rings. The Hall–Kier alpha value is -4.69. The summed E-state index contributed by atoms with van der Waals surface area (Å²) in [5.74, 6) is -1.11. The molecule has 202 valence electrons. The molecule has 4 rings (SSSR count). The minimum Gasteiger partial charge on any atom is -0.493 e.